The molecule has 2 amide bonds. The van der Waals surface area contributed by atoms with Crippen molar-refractivity contribution in [2.45, 2.75) is 12.8 Å². The van der Waals surface area contributed by atoms with Crippen LogP contribution in [0.2, 0.25) is 0 Å². The van der Waals surface area contributed by atoms with Crippen LogP contribution in [0.5, 0.6) is 0 Å². The number of nitrogens with one attached hydrogen (secondary N) is 2. The highest BCUT2D eigenvalue weighted by Crippen LogP contribution is 2.16. The molecule has 0 saturated carbocycles. The molecule has 0 aliphatic rings. The number of anilines is 1. The van der Waals surface area contributed by atoms with Gasteiger partial charge in [0.05, 0.1) is 12.0 Å². The maximum Gasteiger partial charge on any atom is 0.286 e. The van der Waals surface area contributed by atoms with Crippen LogP contribution in [0.4, 0.5) is 14.5 Å². The molecule has 0 aliphatic heterocycles. The van der Waals surface area contributed by atoms with Gasteiger partial charge in [-0.3, -0.25) is 9.59 Å². The van der Waals surface area contributed by atoms with Gasteiger partial charge in [-0.25, -0.2) is 8.78 Å². The highest BCUT2D eigenvalue weighted by molar-refractivity contribution is 5.92. The van der Waals surface area contributed by atoms with Gasteiger partial charge in [-0.2, -0.15) is 0 Å². The molecule has 0 aliphatic carbocycles. The van der Waals surface area contributed by atoms with Gasteiger partial charge in [-0.1, -0.05) is 6.07 Å². The minimum atomic E-state index is -1.10. The molecule has 2 aromatic rings. The Balaban J connectivity index is 1.72. The molecule has 7 heteroatoms. The lowest BCUT2D eigenvalue weighted by atomic mass is 10.2. The molecular formula is C15H14F2N2O3. The number of amides is 2. The third kappa shape index (κ3) is 4.15. The first-order chi connectivity index (χ1) is 10.6. The molecule has 1 aromatic heterocycles. The fourth-order valence-corrected chi connectivity index (χ4v) is 1.76. The molecule has 0 saturated heterocycles. The van der Waals surface area contributed by atoms with Crippen molar-refractivity contribution < 1.29 is 22.8 Å². The van der Waals surface area contributed by atoms with Crippen LogP contribution in [0.15, 0.2) is 41.0 Å². The number of hydrogen-bond donors (Lipinski definition) is 2. The SMILES string of the molecule is O=C(CCCNC(=O)c1ccco1)Nc1cccc(F)c1F. The summed E-state index contributed by atoms with van der Waals surface area (Å²) in [6.07, 6.45) is 1.81. The largest absolute Gasteiger partial charge is 0.459 e. The number of halogens is 2. The van der Waals surface area contributed by atoms with Crippen molar-refractivity contribution in [3.63, 3.8) is 0 Å². The second-order valence-corrected chi connectivity index (χ2v) is 4.49. The van der Waals surface area contributed by atoms with E-state index in [2.05, 4.69) is 10.6 Å². The molecule has 5 nitrogen and oxygen atoms in total. The third-order valence-corrected chi connectivity index (χ3v) is 2.84. The van der Waals surface area contributed by atoms with Gasteiger partial charge < -0.3 is 15.1 Å². The standard InChI is InChI=1S/C15H14F2N2O3/c16-10-4-1-5-11(14(10)17)19-13(20)7-2-8-18-15(21)12-6-3-9-22-12/h1,3-6,9H,2,7-8H2,(H,18,21)(H,19,20). The van der Waals surface area contributed by atoms with Crippen molar-refractivity contribution in [1.29, 1.82) is 0 Å². The minimum absolute atomic E-state index is 0.0639. The van der Waals surface area contributed by atoms with Crippen molar-refractivity contribution >= 4 is 17.5 Å². The highest BCUT2D eigenvalue weighted by atomic mass is 19.2. The van der Waals surface area contributed by atoms with Crippen LogP contribution in [0.25, 0.3) is 0 Å². The lowest BCUT2D eigenvalue weighted by Crippen LogP contribution is -2.25. The van der Waals surface area contributed by atoms with Crippen molar-refractivity contribution in [2.24, 2.45) is 0 Å². The molecule has 22 heavy (non-hydrogen) atoms. The lowest BCUT2D eigenvalue weighted by molar-refractivity contribution is -0.116. The summed E-state index contributed by atoms with van der Waals surface area (Å²) in [6.45, 7) is 0.262. The van der Waals surface area contributed by atoms with Crippen LogP contribution < -0.4 is 10.6 Å². The Bertz CT molecular complexity index is 657. The van der Waals surface area contributed by atoms with Gasteiger partial charge in [0.25, 0.3) is 5.91 Å². The fourth-order valence-electron chi connectivity index (χ4n) is 1.76. The Morgan fingerprint density at radius 1 is 1.14 bits per heavy atom. The molecule has 0 unspecified atom stereocenters. The van der Waals surface area contributed by atoms with Gasteiger partial charge in [-0.15, -0.1) is 0 Å². The summed E-state index contributed by atoms with van der Waals surface area (Å²) in [5.74, 6) is -2.77. The lowest BCUT2D eigenvalue weighted by Gasteiger charge is -2.07. The molecule has 0 atom stereocenters. The smallest absolute Gasteiger partial charge is 0.286 e. The predicted octanol–water partition coefficient (Wildman–Crippen LogP) is 2.71. The molecular weight excluding hydrogens is 294 g/mol. The summed E-state index contributed by atoms with van der Waals surface area (Å²) in [6, 6.07) is 6.66. The Labute approximate surface area is 125 Å². The van der Waals surface area contributed by atoms with E-state index in [1.807, 2.05) is 0 Å². The van der Waals surface area contributed by atoms with E-state index in [-0.39, 0.29) is 30.3 Å². The van der Waals surface area contributed by atoms with Gasteiger partial charge in [0.15, 0.2) is 17.4 Å². The van der Waals surface area contributed by atoms with Crippen LogP contribution in [-0.2, 0) is 4.79 Å². The van der Waals surface area contributed by atoms with Crippen molar-refractivity contribution in [3.8, 4) is 0 Å². The molecule has 2 N–H and O–H groups in total. The first-order valence-corrected chi connectivity index (χ1v) is 6.63. The van der Waals surface area contributed by atoms with Crippen molar-refractivity contribution in [1.82, 2.24) is 5.32 Å². The van der Waals surface area contributed by atoms with E-state index in [1.54, 1.807) is 6.07 Å². The molecule has 0 fully saturated rings. The first-order valence-electron chi connectivity index (χ1n) is 6.63. The van der Waals surface area contributed by atoms with Crippen LogP contribution >= 0.6 is 0 Å². The predicted molar refractivity (Wildman–Crippen MR) is 75.3 cm³/mol. The van der Waals surface area contributed by atoms with Crippen molar-refractivity contribution in [3.05, 3.63) is 54.0 Å². The van der Waals surface area contributed by atoms with E-state index < -0.39 is 17.5 Å². The van der Waals surface area contributed by atoms with Gasteiger partial charge in [0, 0.05) is 13.0 Å². The summed E-state index contributed by atoms with van der Waals surface area (Å²) in [5, 5.41) is 4.86. The monoisotopic (exact) mass is 308 g/mol. The van der Waals surface area contributed by atoms with Crippen LogP contribution in [0, 0.1) is 11.6 Å². The van der Waals surface area contributed by atoms with E-state index in [0.717, 1.165) is 6.07 Å². The fraction of sp³-hybridized carbons (Fsp3) is 0.200. The first kappa shape index (κ1) is 15.7. The van der Waals surface area contributed by atoms with Crippen LogP contribution in [0.3, 0.4) is 0 Å². The zero-order valence-corrected chi connectivity index (χ0v) is 11.6. The summed E-state index contributed by atoms with van der Waals surface area (Å²) in [4.78, 5) is 23.1. The number of hydrogen-bond acceptors (Lipinski definition) is 3. The summed E-state index contributed by atoms with van der Waals surface area (Å²) < 4.78 is 31.2. The number of benzene rings is 1. The van der Waals surface area contributed by atoms with E-state index in [1.165, 1.54) is 24.5 Å². The van der Waals surface area contributed by atoms with Gasteiger partial charge in [0.2, 0.25) is 5.91 Å². The maximum atomic E-state index is 13.4. The van der Waals surface area contributed by atoms with E-state index in [4.69, 9.17) is 4.42 Å². The van der Waals surface area contributed by atoms with Crippen LogP contribution in [0.1, 0.15) is 23.4 Å². The Morgan fingerprint density at radius 2 is 1.95 bits per heavy atom. The molecule has 116 valence electrons. The molecule has 1 heterocycles. The van der Waals surface area contributed by atoms with E-state index in [9.17, 15) is 18.4 Å². The number of rotatable bonds is 6. The van der Waals surface area contributed by atoms with E-state index in [0.29, 0.717) is 6.42 Å². The van der Waals surface area contributed by atoms with Gasteiger partial charge in [-0.05, 0) is 30.7 Å². The Hall–Kier alpha value is -2.70. The van der Waals surface area contributed by atoms with Crippen molar-refractivity contribution in [2.75, 3.05) is 11.9 Å². The number of carbonyl (C=O) groups is 2. The molecule has 0 bridgehead atoms. The number of carbonyl (C=O) groups excluding carboxylic acids is 2. The minimum Gasteiger partial charge on any atom is -0.459 e. The normalized spacial score (nSPS) is 10.3. The zero-order chi connectivity index (χ0) is 15.9. The quantitative estimate of drug-likeness (QED) is 0.806. The molecule has 2 rings (SSSR count). The average molecular weight is 308 g/mol. The molecule has 0 spiro atoms. The summed E-state index contributed by atoms with van der Waals surface area (Å²) >= 11 is 0. The average Bonchev–Trinajstić information content (AvgIpc) is 3.02. The maximum absolute atomic E-state index is 13.4. The zero-order valence-electron chi connectivity index (χ0n) is 11.6. The van der Waals surface area contributed by atoms with E-state index >= 15 is 0 Å². The number of furan rings is 1. The topological polar surface area (TPSA) is 71.3 Å². The molecule has 1 aromatic carbocycles. The summed E-state index contributed by atoms with van der Waals surface area (Å²) in [5.41, 5.74) is -0.204. The van der Waals surface area contributed by atoms with Gasteiger partial charge in [0.1, 0.15) is 0 Å². The molecule has 0 radical (unpaired) electrons. The Kier molecular flexibility index (Phi) is 5.24. The highest BCUT2D eigenvalue weighted by Gasteiger charge is 2.11. The second-order valence-electron chi connectivity index (χ2n) is 4.49. The third-order valence-electron chi connectivity index (χ3n) is 2.84. The van der Waals surface area contributed by atoms with Gasteiger partial charge >= 0.3 is 0 Å². The second kappa shape index (κ2) is 7.35. The van der Waals surface area contributed by atoms with Crippen LogP contribution in [-0.4, -0.2) is 18.4 Å². The summed E-state index contributed by atoms with van der Waals surface area (Å²) in [7, 11) is 0. The Morgan fingerprint density at radius 3 is 2.68 bits per heavy atom.